The van der Waals surface area contributed by atoms with Gasteiger partial charge in [-0.25, -0.2) is 4.39 Å². The van der Waals surface area contributed by atoms with Crippen LogP contribution in [0.4, 0.5) is 4.39 Å². The average Bonchev–Trinajstić information content (AvgIpc) is 2.16. The maximum atomic E-state index is 12.5. The predicted molar refractivity (Wildman–Crippen MR) is 44.8 cm³/mol. The van der Waals surface area contributed by atoms with Gasteiger partial charge in [0.1, 0.15) is 11.8 Å². The Kier molecular flexibility index (Phi) is 5.72. The third-order valence-electron chi connectivity index (χ3n) is 1.96. The third-order valence-corrected chi connectivity index (χ3v) is 1.96. The van der Waals surface area contributed by atoms with E-state index in [1.807, 2.05) is 0 Å². The molecule has 0 amide bonds. The smallest absolute Gasteiger partial charge is 0.542 e. The summed E-state index contributed by atoms with van der Waals surface area (Å²) in [6.07, 6.45) is 0. The molecule has 0 spiro atoms. The Morgan fingerprint density at radius 3 is 2.13 bits per heavy atom. The van der Waals surface area contributed by atoms with Crippen LogP contribution in [0.25, 0.3) is 0 Å². The zero-order valence-electron chi connectivity index (χ0n) is 8.49. The number of halogens is 1. The molecule has 1 aromatic rings. The Labute approximate surface area is 109 Å². The molecule has 0 heterocycles. The molecule has 0 aliphatic rings. The van der Waals surface area contributed by atoms with E-state index in [2.05, 4.69) is 0 Å². The fraction of sp³-hybridized carbons (Fsp3) is 0.200. The number of carboxylic acids is 1. The van der Waals surface area contributed by atoms with E-state index in [1.54, 1.807) is 0 Å². The number of carbonyl (C=O) groups excluding carboxylic acids is 2. The van der Waals surface area contributed by atoms with Gasteiger partial charge in [0.25, 0.3) is 0 Å². The topological polar surface area (TPSA) is 57.2 Å². The van der Waals surface area contributed by atoms with Gasteiger partial charge in [-0.1, -0.05) is 19.1 Å². The normalized spacial score (nSPS) is 11.3. The minimum Gasteiger partial charge on any atom is -0.542 e. The molecule has 0 saturated heterocycles. The van der Waals surface area contributed by atoms with Crippen LogP contribution < -0.4 is 34.7 Å². The van der Waals surface area contributed by atoms with Crippen molar-refractivity contribution in [3.8, 4) is 0 Å². The second-order valence-corrected chi connectivity index (χ2v) is 2.92. The van der Waals surface area contributed by atoms with Crippen molar-refractivity contribution in [1.82, 2.24) is 0 Å². The van der Waals surface area contributed by atoms with Crippen LogP contribution in [0.3, 0.4) is 0 Å². The third kappa shape index (κ3) is 3.74. The molecule has 0 radical (unpaired) electrons. The summed E-state index contributed by atoms with van der Waals surface area (Å²) >= 11 is 0. The van der Waals surface area contributed by atoms with Crippen LogP contribution >= 0.6 is 0 Å². The summed E-state index contributed by atoms with van der Waals surface area (Å²) < 4.78 is 12.5. The standard InChI is InChI=1S/C10H9FO3.Na/c1-6(9(12)10(13)14)7-2-4-8(11)5-3-7;/h2-6H,1H3,(H,13,14);/q;+1/p-1. The summed E-state index contributed by atoms with van der Waals surface area (Å²) in [6.45, 7) is 1.44. The van der Waals surface area contributed by atoms with Crippen LogP contribution in [0.15, 0.2) is 24.3 Å². The van der Waals surface area contributed by atoms with Crippen molar-refractivity contribution in [2.24, 2.45) is 0 Å². The van der Waals surface area contributed by atoms with Crippen molar-refractivity contribution in [1.29, 1.82) is 0 Å². The van der Waals surface area contributed by atoms with Gasteiger partial charge in [0.15, 0.2) is 5.78 Å². The zero-order chi connectivity index (χ0) is 10.7. The molecule has 1 unspecified atom stereocenters. The first kappa shape index (κ1) is 14.3. The molecule has 0 saturated carbocycles. The van der Waals surface area contributed by atoms with E-state index in [0.717, 1.165) is 0 Å². The fourth-order valence-electron chi connectivity index (χ4n) is 1.08. The quantitative estimate of drug-likeness (QED) is 0.408. The van der Waals surface area contributed by atoms with Crippen molar-refractivity contribution in [2.75, 3.05) is 0 Å². The fourth-order valence-corrected chi connectivity index (χ4v) is 1.08. The summed E-state index contributed by atoms with van der Waals surface area (Å²) in [6, 6.07) is 5.10. The first-order chi connectivity index (χ1) is 6.52. The first-order valence-corrected chi connectivity index (χ1v) is 4.03. The molecule has 0 aliphatic heterocycles. The van der Waals surface area contributed by atoms with Crippen LogP contribution in [-0.2, 0) is 9.59 Å². The number of Topliss-reactive ketones (excluding diaryl/α,β-unsaturated/α-hetero) is 1. The van der Waals surface area contributed by atoms with Gasteiger partial charge in [0.2, 0.25) is 0 Å². The molecule has 5 heteroatoms. The van der Waals surface area contributed by atoms with Gasteiger partial charge in [-0.3, -0.25) is 4.79 Å². The number of aliphatic carboxylic acids is 1. The molecular weight excluding hydrogens is 210 g/mol. The van der Waals surface area contributed by atoms with Crippen molar-refractivity contribution < 1.29 is 48.6 Å². The predicted octanol–water partition coefficient (Wildman–Crippen LogP) is -2.75. The summed E-state index contributed by atoms with van der Waals surface area (Å²) in [4.78, 5) is 21.2. The SMILES string of the molecule is CC(C(=O)C(=O)[O-])c1ccc(F)cc1.[Na+]. The van der Waals surface area contributed by atoms with E-state index in [-0.39, 0.29) is 29.6 Å². The number of carboxylic acid groups (broad SMARTS) is 1. The number of carbonyl (C=O) groups is 2. The van der Waals surface area contributed by atoms with Gasteiger partial charge in [0.05, 0.1) is 0 Å². The van der Waals surface area contributed by atoms with Crippen molar-refractivity contribution >= 4 is 11.8 Å². The second kappa shape index (κ2) is 6.00. The molecule has 1 atom stereocenters. The Bertz CT molecular complexity index is 361. The number of rotatable bonds is 3. The zero-order valence-corrected chi connectivity index (χ0v) is 10.5. The van der Waals surface area contributed by atoms with E-state index in [4.69, 9.17) is 0 Å². The Balaban J connectivity index is 0.00000196. The maximum Gasteiger partial charge on any atom is 1.00 e. The summed E-state index contributed by atoms with van der Waals surface area (Å²) in [5.41, 5.74) is 0.459. The van der Waals surface area contributed by atoms with Crippen LogP contribution in [0, 0.1) is 5.82 Å². The Hall–Kier alpha value is -0.710. The van der Waals surface area contributed by atoms with Crippen molar-refractivity contribution in [3.63, 3.8) is 0 Å². The van der Waals surface area contributed by atoms with Crippen LogP contribution in [0.1, 0.15) is 18.4 Å². The number of hydrogen-bond acceptors (Lipinski definition) is 3. The summed E-state index contributed by atoms with van der Waals surface area (Å²) in [5, 5.41) is 10.2. The van der Waals surface area contributed by atoms with E-state index in [9.17, 15) is 19.1 Å². The average molecular weight is 218 g/mol. The molecule has 1 rings (SSSR count). The molecule has 3 nitrogen and oxygen atoms in total. The van der Waals surface area contributed by atoms with Crippen LogP contribution in [0.2, 0.25) is 0 Å². The number of ketones is 1. The van der Waals surface area contributed by atoms with Gasteiger partial charge in [0, 0.05) is 5.92 Å². The minimum atomic E-state index is -1.72. The number of benzene rings is 1. The van der Waals surface area contributed by atoms with E-state index >= 15 is 0 Å². The van der Waals surface area contributed by atoms with Gasteiger partial charge in [-0.05, 0) is 17.7 Å². The van der Waals surface area contributed by atoms with Crippen molar-refractivity contribution in [3.05, 3.63) is 35.6 Å². The van der Waals surface area contributed by atoms with Crippen molar-refractivity contribution in [2.45, 2.75) is 12.8 Å². The minimum absolute atomic E-state index is 0. The Morgan fingerprint density at radius 2 is 1.73 bits per heavy atom. The van der Waals surface area contributed by atoms with Crippen LogP contribution in [0.5, 0.6) is 0 Å². The number of hydrogen-bond donors (Lipinski definition) is 0. The summed E-state index contributed by atoms with van der Waals surface area (Å²) in [5.74, 6) is -3.96. The van der Waals surface area contributed by atoms with E-state index < -0.39 is 23.5 Å². The molecular formula is C10H8FNaO3. The van der Waals surface area contributed by atoms with Gasteiger partial charge >= 0.3 is 29.6 Å². The molecule has 74 valence electrons. The molecule has 15 heavy (non-hydrogen) atoms. The van der Waals surface area contributed by atoms with Crippen LogP contribution in [-0.4, -0.2) is 11.8 Å². The Morgan fingerprint density at radius 1 is 1.27 bits per heavy atom. The molecule has 0 fully saturated rings. The molecule has 0 aromatic heterocycles. The molecule has 0 bridgehead atoms. The van der Waals surface area contributed by atoms with Gasteiger partial charge < -0.3 is 9.90 Å². The monoisotopic (exact) mass is 218 g/mol. The summed E-state index contributed by atoms with van der Waals surface area (Å²) in [7, 11) is 0. The molecule has 0 aliphatic carbocycles. The van der Waals surface area contributed by atoms with Gasteiger partial charge in [-0.15, -0.1) is 0 Å². The molecule has 0 N–H and O–H groups in total. The van der Waals surface area contributed by atoms with E-state index in [1.165, 1.54) is 31.2 Å². The second-order valence-electron chi connectivity index (χ2n) is 2.92. The first-order valence-electron chi connectivity index (χ1n) is 4.03. The maximum absolute atomic E-state index is 12.5. The van der Waals surface area contributed by atoms with Gasteiger partial charge in [-0.2, -0.15) is 0 Å². The largest absolute Gasteiger partial charge is 1.00 e. The molecule has 1 aromatic carbocycles. The van der Waals surface area contributed by atoms with E-state index in [0.29, 0.717) is 5.56 Å².